The van der Waals surface area contributed by atoms with Crippen molar-refractivity contribution in [2.24, 2.45) is 0 Å². The molecule has 1 heterocycles. The summed E-state index contributed by atoms with van der Waals surface area (Å²) in [6.45, 7) is 1.29. The Bertz CT molecular complexity index is 326. The van der Waals surface area contributed by atoms with Crippen LogP contribution in [0, 0.1) is 0 Å². The third-order valence-corrected chi connectivity index (χ3v) is 3.88. The number of nitrogens with zero attached hydrogens (tertiary/aromatic N) is 1. The highest BCUT2D eigenvalue weighted by Gasteiger charge is 2.51. The molecule has 4 nitrogen and oxygen atoms in total. The van der Waals surface area contributed by atoms with Crippen molar-refractivity contribution < 1.29 is 14.0 Å². The molecule has 1 atom stereocenters. The molecule has 1 N–H and O–H groups in total. The van der Waals surface area contributed by atoms with Crippen LogP contribution in [0.25, 0.3) is 0 Å². The van der Waals surface area contributed by atoms with Gasteiger partial charge >= 0.3 is 0 Å². The predicted octanol–water partition coefficient (Wildman–Crippen LogP) is 1.01. The SMILES string of the molecule is CCC1C(=O)NC2(CCCC2)C(=O)N1CCF. The van der Waals surface area contributed by atoms with Crippen LogP contribution in [0.2, 0.25) is 0 Å². The van der Waals surface area contributed by atoms with Crippen LogP contribution in [0.3, 0.4) is 0 Å². The molecule has 0 aromatic rings. The van der Waals surface area contributed by atoms with Crippen LogP contribution in [0.15, 0.2) is 0 Å². The molecule has 0 bridgehead atoms. The normalized spacial score (nSPS) is 27.6. The third-order valence-electron chi connectivity index (χ3n) is 3.88. The van der Waals surface area contributed by atoms with Gasteiger partial charge in [-0.3, -0.25) is 9.59 Å². The van der Waals surface area contributed by atoms with Crippen LogP contribution in [-0.4, -0.2) is 41.5 Å². The van der Waals surface area contributed by atoms with Gasteiger partial charge in [-0.15, -0.1) is 0 Å². The number of alkyl halides is 1. The van der Waals surface area contributed by atoms with Crippen LogP contribution in [0.4, 0.5) is 4.39 Å². The zero-order valence-corrected chi connectivity index (χ0v) is 10.2. The molecule has 5 heteroatoms. The van der Waals surface area contributed by atoms with E-state index in [9.17, 15) is 14.0 Å². The lowest BCUT2D eigenvalue weighted by molar-refractivity contribution is -0.155. The van der Waals surface area contributed by atoms with Crippen LogP contribution >= 0.6 is 0 Å². The summed E-state index contributed by atoms with van der Waals surface area (Å²) in [5.41, 5.74) is -0.724. The number of hydrogen-bond acceptors (Lipinski definition) is 2. The highest BCUT2D eigenvalue weighted by molar-refractivity contribution is 6.00. The fourth-order valence-electron chi connectivity index (χ4n) is 3.00. The third kappa shape index (κ3) is 1.91. The zero-order chi connectivity index (χ0) is 12.5. The first kappa shape index (κ1) is 12.3. The number of piperazine rings is 1. The van der Waals surface area contributed by atoms with E-state index in [4.69, 9.17) is 0 Å². The van der Waals surface area contributed by atoms with E-state index < -0.39 is 18.3 Å². The van der Waals surface area contributed by atoms with Gasteiger partial charge in [-0.25, -0.2) is 4.39 Å². The van der Waals surface area contributed by atoms with Crippen LogP contribution < -0.4 is 5.32 Å². The van der Waals surface area contributed by atoms with E-state index >= 15 is 0 Å². The summed E-state index contributed by atoms with van der Waals surface area (Å²) in [6.07, 6.45) is 3.82. The molecule has 2 amide bonds. The van der Waals surface area contributed by atoms with Crippen molar-refractivity contribution in [3.63, 3.8) is 0 Å². The summed E-state index contributed by atoms with van der Waals surface area (Å²) in [7, 11) is 0. The van der Waals surface area contributed by atoms with Crippen molar-refractivity contribution >= 4 is 11.8 Å². The van der Waals surface area contributed by atoms with Gasteiger partial charge in [0.05, 0.1) is 0 Å². The van der Waals surface area contributed by atoms with Crippen LogP contribution in [0.1, 0.15) is 39.0 Å². The molecule has 1 spiro atoms. The van der Waals surface area contributed by atoms with Crippen molar-refractivity contribution in [3.8, 4) is 0 Å². The number of carbonyl (C=O) groups excluding carboxylic acids is 2. The number of halogens is 1. The van der Waals surface area contributed by atoms with Crippen LogP contribution in [-0.2, 0) is 9.59 Å². The standard InChI is InChI=1S/C12H19FN2O2/c1-2-9-10(16)14-12(5-3-4-6-12)11(17)15(9)8-7-13/h9H,2-8H2,1H3,(H,14,16). The fourth-order valence-corrected chi connectivity index (χ4v) is 3.00. The Morgan fingerprint density at radius 1 is 1.41 bits per heavy atom. The lowest BCUT2D eigenvalue weighted by Gasteiger charge is -2.44. The molecule has 0 aromatic heterocycles. The number of rotatable bonds is 3. The van der Waals surface area contributed by atoms with E-state index in [1.54, 1.807) is 0 Å². The van der Waals surface area contributed by atoms with Gasteiger partial charge in [-0.1, -0.05) is 19.8 Å². The lowest BCUT2D eigenvalue weighted by atomic mass is 9.90. The minimum atomic E-state index is -0.724. The van der Waals surface area contributed by atoms with E-state index in [2.05, 4.69) is 5.32 Å². The number of carbonyl (C=O) groups is 2. The highest BCUT2D eigenvalue weighted by Crippen LogP contribution is 2.34. The van der Waals surface area contributed by atoms with Gasteiger partial charge in [0.1, 0.15) is 18.3 Å². The van der Waals surface area contributed by atoms with Crippen molar-refractivity contribution in [1.82, 2.24) is 10.2 Å². The fraction of sp³-hybridized carbons (Fsp3) is 0.833. The number of hydrogen-bond donors (Lipinski definition) is 1. The molecule has 0 aromatic carbocycles. The van der Waals surface area contributed by atoms with Crippen molar-refractivity contribution in [2.75, 3.05) is 13.2 Å². The first-order chi connectivity index (χ1) is 8.14. The van der Waals surface area contributed by atoms with E-state index in [-0.39, 0.29) is 18.4 Å². The molecule has 1 saturated carbocycles. The predicted molar refractivity (Wildman–Crippen MR) is 61.1 cm³/mol. The van der Waals surface area contributed by atoms with Crippen molar-refractivity contribution in [2.45, 2.75) is 50.6 Å². The number of nitrogens with one attached hydrogen (secondary N) is 1. The van der Waals surface area contributed by atoms with Gasteiger partial charge in [-0.05, 0) is 19.3 Å². The maximum Gasteiger partial charge on any atom is 0.249 e. The minimum absolute atomic E-state index is 0.0342. The van der Waals surface area contributed by atoms with Gasteiger partial charge in [0.25, 0.3) is 0 Å². The Labute approximate surface area is 101 Å². The quantitative estimate of drug-likeness (QED) is 0.803. The van der Waals surface area contributed by atoms with E-state index in [1.807, 2.05) is 6.92 Å². The van der Waals surface area contributed by atoms with Gasteiger partial charge in [0.15, 0.2) is 0 Å². The second-order valence-corrected chi connectivity index (χ2v) is 4.89. The first-order valence-electron chi connectivity index (χ1n) is 6.33. The molecule has 1 aliphatic carbocycles. The monoisotopic (exact) mass is 242 g/mol. The molecule has 1 unspecified atom stereocenters. The zero-order valence-electron chi connectivity index (χ0n) is 10.2. The summed E-state index contributed by atoms with van der Waals surface area (Å²) in [5, 5.41) is 2.88. The Kier molecular flexibility index (Phi) is 3.35. The smallest absolute Gasteiger partial charge is 0.249 e. The summed E-state index contributed by atoms with van der Waals surface area (Å²) < 4.78 is 12.5. The maximum absolute atomic E-state index is 12.5. The summed E-state index contributed by atoms with van der Waals surface area (Å²) in [6, 6.07) is -0.496. The largest absolute Gasteiger partial charge is 0.340 e. The molecule has 17 heavy (non-hydrogen) atoms. The summed E-state index contributed by atoms with van der Waals surface area (Å²) in [5.74, 6) is -0.207. The molecule has 1 saturated heterocycles. The average molecular weight is 242 g/mol. The molecule has 1 aliphatic heterocycles. The topological polar surface area (TPSA) is 49.4 Å². The Hall–Kier alpha value is -1.13. The van der Waals surface area contributed by atoms with Gasteiger partial charge < -0.3 is 10.2 Å². The van der Waals surface area contributed by atoms with Crippen molar-refractivity contribution in [1.29, 1.82) is 0 Å². The van der Waals surface area contributed by atoms with Crippen LogP contribution in [0.5, 0.6) is 0 Å². The molecule has 96 valence electrons. The second-order valence-electron chi connectivity index (χ2n) is 4.89. The lowest BCUT2D eigenvalue weighted by Crippen LogP contribution is -2.69. The molecule has 2 aliphatic rings. The molecule has 2 fully saturated rings. The second kappa shape index (κ2) is 4.63. The van der Waals surface area contributed by atoms with Crippen molar-refractivity contribution in [3.05, 3.63) is 0 Å². The van der Waals surface area contributed by atoms with E-state index in [0.717, 1.165) is 12.8 Å². The number of amides is 2. The molecular formula is C12H19FN2O2. The van der Waals surface area contributed by atoms with Gasteiger partial charge in [0, 0.05) is 6.54 Å². The Balaban J connectivity index is 2.25. The maximum atomic E-state index is 12.5. The molecular weight excluding hydrogens is 223 g/mol. The van der Waals surface area contributed by atoms with Gasteiger partial charge in [0.2, 0.25) is 11.8 Å². The summed E-state index contributed by atoms with van der Waals surface area (Å²) >= 11 is 0. The van der Waals surface area contributed by atoms with E-state index in [1.165, 1.54) is 4.90 Å². The van der Waals surface area contributed by atoms with E-state index in [0.29, 0.717) is 19.3 Å². The molecule has 0 radical (unpaired) electrons. The Morgan fingerprint density at radius 3 is 2.59 bits per heavy atom. The first-order valence-corrected chi connectivity index (χ1v) is 6.33. The van der Waals surface area contributed by atoms with Gasteiger partial charge in [-0.2, -0.15) is 0 Å². The highest BCUT2D eigenvalue weighted by atomic mass is 19.1. The molecule has 2 rings (SSSR count). The minimum Gasteiger partial charge on any atom is -0.340 e. The average Bonchev–Trinajstić information content (AvgIpc) is 2.76. The Morgan fingerprint density at radius 2 is 2.06 bits per heavy atom. The summed E-state index contributed by atoms with van der Waals surface area (Å²) in [4.78, 5) is 25.8.